The van der Waals surface area contributed by atoms with E-state index in [1.165, 1.54) is 4.90 Å². The van der Waals surface area contributed by atoms with E-state index in [1.54, 1.807) is 43.3 Å². The molecule has 2 aromatic rings. The lowest BCUT2D eigenvalue weighted by Gasteiger charge is -2.31. The van der Waals surface area contributed by atoms with Gasteiger partial charge in [-0.25, -0.2) is 8.42 Å². The Hall–Kier alpha value is -2.42. The van der Waals surface area contributed by atoms with E-state index < -0.39 is 22.0 Å². The van der Waals surface area contributed by atoms with E-state index in [0.29, 0.717) is 11.6 Å². The first-order valence-corrected chi connectivity index (χ1v) is 12.6. The molecule has 0 bridgehead atoms. The minimum atomic E-state index is -3.66. The normalized spacial score (nSPS) is 12.4. The number of hydrogen-bond acceptors (Lipinski definition) is 4. The molecule has 0 unspecified atom stereocenters. The monoisotopic (exact) mass is 479 g/mol. The van der Waals surface area contributed by atoms with Crippen molar-refractivity contribution in [3.8, 4) is 0 Å². The van der Waals surface area contributed by atoms with Crippen molar-refractivity contribution in [1.29, 1.82) is 0 Å². The minimum absolute atomic E-state index is 0.0661. The van der Waals surface area contributed by atoms with Crippen molar-refractivity contribution in [3.63, 3.8) is 0 Å². The van der Waals surface area contributed by atoms with Crippen LogP contribution in [-0.2, 0) is 32.7 Å². The van der Waals surface area contributed by atoms with Crippen molar-refractivity contribution < 1.29 is 18.0 Å². The van der Waals surface area contributed by atoms with Crippen LogP contribution in [0.5, 0.6) is 0 Å². The number of sulfonamides is 1. The quantitative estimate of drug-likeness (QED) is 0.536. The van der Waals surface area contributed by atoms with E-state index in [9.17, 15) is 18.0 Å². The number of nitrogens with one attached hydrogen (secondary N) is 1. The summed E-state index contributed by atoms with van der Waals surface area (Å²) in [7, 11) is -3.66. The SMILES string of the molecule is CCCNC(=O)[C@@H](C)N(Cc1ccc(Cl)cc1)C(=O)CN(Cc1ccccc1)S(C)(=O)=O. The van der Waals surface area contributed by atoms with Gasteiger partial charge in [-0.15, -0.1) is 0 Å². The highest BCUT2D eigenvalue weighted by atomic mass is 35.5. The summed E-state index contributed by atoms with van der Waals surface area (Å²) >= 11 is 5.96. The summed E-state index contributed by atoms with van der Waals surface area (Å²) in [4.78, 5) is 27.3. The zero-order chi connectivity index (χ0) is 23.7. The molecule has 32 heavy (non-hydrogen) atoms. The fourth-order valence-electron chi connectivity index (χ4n) is 3.08. The number of halogens is 1. The molecular weight excluding hydrogens is 450 g/mol. The molecule has 0 radical (unpaired) electrons. The van der Waals surface area contributed by atoms with Crippen LogP contribution in [0.25, 0.3) is 0 Å². The largest absolute Gasteiger partial charge is 0.354 e. The zero-order valence-electron chi connectivity index (χ0n) is 18.6. The topological polar surface area (TPSA) is 86.8 Å². The van der Waals surface area contributed by atoms with Crippen LogP contribution in [-0.4, -0.2) is 54.8 Å². The van der Waals surface area contributed by atoms with Gasteiger partial charge in [-0.05, 0) is 36.6 Å². The number of carbonyl (C=O) groups is 2. The molecule has 1 N–H and O–H groups in total. The van der Waals surface area contributed by atoms with Gasteiger partial charge < -0.3 is 10.2 Å². The molecule has 1 atom stereocenters. The van der Waals surface area contributed by atoms with Gasteiger partial charge in [-0.2, -0.15) is 4.31 Å². The summed E-state index contributed by atoms with van der Waals surface area (Å²) in [5, 5.41) is 3.36. The maximum Gasteiger partial charge on any atom is 0.242 e. The highest BCUT2D eigenvalue weighted by Crippen LogP contribution is 2.15. The third kappa shape index (κ3) is 7.93. The van der Waals surface area contributed by atoms with E-state index in [2.05, 4.69) is 5.32 Å². The number of hydrogen-bond donors (Lipinski definition) is 1. The van der Waals surface area contributed by atoms with Gasteiger partial charge in [0.05, 0.1) is 12.8 Å². The molecule has 0 aliphatic heterocycles. The third-order valence-electron chi connectivity index (χ3n) is 4.97. The molecular formula is C23H30ClN3O4S. The Morgan fingerprint density at radius 1 is 1.00 bits per heavy atom. The summed E-state index contributed by atoms with van der Waals surface area (Å²) in [5.41, 5.74) is 1.55. The molecule has 0 aliphatic rings. The van der Waals surface area contributed by atoms with Crippen LogP contribution in [0, 0.1) is 0 Å². The van der Waals surface area contributed by atoms with Crippen LogP contribution in [0.1, 0.15) is 31.4 Å². The Morgan fingerprint density at radius 2 is 1.59 bits per heavy atom. The molecule has 0 fully saturated rings. The van der Waals surface area contributed by atoms with Gasteiger partial charge in [0.25, 0.3) is 0 Å². The smallest absolute Gasteiger partial charge is 0.242 e. The molecule has 0 saturated heterocycles. The standard InChI is InChI=1S/C23H30ClN3O4S/c1-4-14-25-23(29)18(2)27(16-20-10-12-21(24)13-11-20)22(28)17-26(32(3,30)31)15-19-8-6-5-7-9-19/h5-13,18H,4,14-17H2,1-3H3,(H,25,29)/t18-/m1/s1. The number of benzene rings is 2. The second-order valence-corrected chi connectivity index (χ2v) is 10.1. The second kappa shape index (κ2) is 12.0. The Balaban J connectivity index is 2.27. The van der Waals surface area contributed by atoms with Crippen molar-refractivity contribution in [2.75, 3.05) is 19.3 Å². The predicted molar refractivity (Wildman–Crippen MR) is 126 cm³/mol. The minimum Gasteiger partial charge on any atom is -0.354 e. The van der Waals surface area contributed by atoms with Crippen molar-refractivity contribution in [2.45, 2.75) is 39.4 Å². The summed E-state index contributed by atoms with van der Waals surface area (Å²) in [5.74, 6) is -0.747. The van der Waals surface area contributed by atoms with Gasteiger partial charge in [0, 0.05) is 24.7 Å². The molecule has 0 aliphatic carbocycles. The number of carbonyl (C=O) groups excluding carboxylic acids is 2. The van der Waals surface area contributed by atoms with Gasteiger partial charge in [0.1, 0.15) is 6.04 Å². The molecule has 7 nitrogen and oxygen atoms in total. The molecule has 0 saturated carbocycles. The molecule has 174 valence electrons. The first-order chi connectivity index (χ1) is 15.1. The molecule has 0 heterocycles. The molecule has 0 aromatic heterocycles. The summed E-state index contributed by atoms with van der Waals surface area (Å²) in [6.07, 6.45) is 1.84. The van der Waals surface area contributed by atoms with Crippen LogP contribution >= 0.6 is 11.6 Å². The Labute approximate surface area is 195 Å². The van der Waals surface area contributed by atoms with Gasteiger partial charge in [0.15, 0.2) is 0 Å². The summed E-state index contributed by atoms with van der Waals surface area (Å²) in [6, 6.07) is 15.2. The van der Waals surface area contributed by atoms with E-state index >= 15 is 0 Å². The lowest BCUT2D eigenvalue weighted by molar-refractivity contribution is -0.140. The first-order valence-electron chi connectivity index (χ1n) is 10.4. The molecule has 9 heteroatoms. The average molecular weight is 480 g/mol. The van der Waals surface area contributed by atoms with E-state index in [0.717, 1.165) is 28.1 Å². The Bertz CT molecular complexity index is 998. The zero-order valence-corrected chi connectivity index (χ0v) is 20.2. The predicted octanol–water partition coefficient (Wildman–Crippen LogP) is 3.05. The van der Waals surface area contributed by atoms with Crippen molar-refractivity contribution >= 4 is 33.4 Å². The van der Waals surface area contributed by atoms with E-state index in [-0.39, 0.29) is 25.5 Å². The highest BCUT2D eigenvalue weighted by molar-refractivity contribution is 7.88. The van der Waals surface area contributed by atoms with Crippen LogP contribution in [0.3, 0.4) is 0 Å². The molecule has 2 amide bonds. The van der Waals surface area contributed by atoms with Crippen LogP contribution in [0.15, 0.2) is 54.6 Å². The Kier molecular flexibility index (Phi) is 9.68. The van der Waals surface area contributed by atoms with Gasteiger partial charge in [-0.3, -0.25) is 9.59 Å². The molecule has 2 aromatic carbocycles. The fourth-order valence-corrected chi connectivity index (χ4v) is 3.94. The fraction of sp³-hybridized carbons (Fsp3) is 0.391. The van der Waals surface area contributed by atoms with Gasteiger partial charge >= 0.3 is 0 Å². The van der Waals surface area contributed by atoms with Gasteiger partial charge in [-0.1, -0.05) is 61.0 Å². The van der Waals surface area contributed by atoms with E-state index in [4.69, 9.17) is 11.6 Å². The Morgan fingerprint density at radius 3 is 2.16 bits per heavy atom. The van der Waals surface area contributed by atoms with Crippen molar-refractivity contribution in [3.05, 3.63) is 70.7 Å². The first kappa shape index (κ1) is 25.8. The van der Waals surface area contributed by atoms with Crippen LogP contribution in [0.4, 0.5) is 0 Å². The highest BCUT2D eigenvalue weighted by Gasteiger charge is 2.29. The second-order valence-electron chi connectivity index (χ2n) is 7.63. The lowest BCUT2D eigenvalue weighted by atomic mass is 10.1. The van der Waals surface area contributed by atoms with Crippen LogP contribution < -0.4 is 5.32 Å². The maximum absolute atomic E-state index is 13.3. The van der Waals surface area contributed by atoms with Crippen molar-refractivity contribution in [1.82, 2.24) is 14.5 Å². The van der Waals surface area contributed by atoms with Crippen LogP contribution in [0.2, 0.25) is 5.02 Å². The maximum atomic E-state index is 13.3. The third-order valence-corrected chi connectivity index (χ3v) is 6.41. The van der Waals surface area contributed by atoms with E-state index in [1.807, 2.05) is 25.1 Å². The lowest BCUT2D eigenvalue weighted by Crippen LogP contribution is -2.51. The molecule has 0 spiro atoms. The summed E-state index contributed by atoms with van der Waals surface area (Å²) in [6.45, 7) is 3.93. The number of amides is 2. The average Bonchev–Trinajstić information content (AvgIpc) is 2.76. The van der Waals surface area contributed by atoms with Gasteiger partial charge in [0.2, 0.25) is 21.8 Å². The van der Waals surface area contributed by atoms with Crippen molar-refractivity contribution in [2.24, 2.45) is 0 Å². The summed E-state index contributed by atoms with van der Waals surface area (Å²) < 4.78 is 25.9. The number of nitrogens with zero attached hydrogens (tertiary/aromatic N) is 2. The number of rotatable bonds is 11. The molecule has 2 rings (SSSR count).